The maximum Gasteiger partial charge on any atom is 0.257 e. The Labute approximate surface area is 153 Å². The second-order valence-corrected chi connectivity index (χ2v) is 6.69. The summed E-state index contributed by atoms with van der Waals surface area (Å²) in [4.78, 5) is 32.4. The molecule has 0 bridgehead atoms. The van der Waals surface area contributed by atoms with Crippen molar-refractivity contribution >= 4 is 11.8 Å². The summed E-state index contributed by atoms with van der Waals surface area (Å²) >= 11 is 0. The van der Waals surface area contributed by atoms with Gasteiger partial charge < -0.3 is 14.3 Å². The minimum absolute atomic E-state index is 0.0215. The molecule has 1 aromatic carbocycles. The summed E-state index contributed by atoms with van der Waals surface area (Å²) < 4.78 is 5.29. The fourth-order valence-corrected chi connectivity index (χ4v) is 3.23. The predicted molar refractivity (Wildman–Crippen MR) is 96.2 cm³/mol. The molecule has 2 aromatic rings. The van der Waals surface area contributed by atoms with E-state index in [4.69, 9.17) is 4.52 Å². The fraction of sp³-hybridized carbons (Fsp3) is 0.474. The first-order valence-electron chi connectivity index (χ1n) is 8.94. The van der Waals surface area contributed by atoms with Crippen LogP contribution in [0.2, 0.25) is 0 Å². The molecule has 0 aliphatic carbocycles. The van der Waals surface area contributed by atoms with Gasteiger partial charge in [0.05, 0.1) is 6.42 Å². The van der Waals surface area contributed by atoms with Gasteiger partial charge in [0.15, 0.2) is 5.82 Å². The number of piperazine rings is 1. The Morgan fingerprint density at radius 2 is 2.08 bits per heavy atom. The van der Waals surface area contributed by atoms with Crippen LogP contribution in [0.25, 0.3) is 11.5 Å². The lowest BCUT2D eigenvalue weighted by atomic mass is 10.1. The number of hydrogen-bond donors (Lipinski definition) is 0. The van der Waals surface area contributed by atoms with Gasteiger partial charge in [-0.05, 0) is 26.0 Å². The lowest BCUT2D eigenvalue weighted by molar-refractivity contribution is -0.142. The van der Waals surface area contributed by atoms with Gasteiger partial charge in [0.2, 0.25) is 11.8 Å². The van der Waals surface area contributed by atoms with Crippen LogP contribution in [0, 0.1) is 6.92 Å². The smallest absolute Gasteiger partial charge is 0.257 e. The van der Waals surface area contributed by atoms with Crippen molar-refractivity contribution in [2.24, 2.45) is 0 Å². The van der Waals surface area contributed by atoms with E-state index in [0.29, 0.717) is 37.8 Å². The lowest BCUT2D eigenvalue weighted by Crippen LogP contribution is -2.55. The van der Waals surface area contributed by atoms with Crippen molar-refractivity contribution in [3.8, 4) is 11.5 Å². The molecule has 1 aromatic heterocycles. The molecule has 26 heavy (non-hydrogen) atoms. The van der Waals surface area contributed by atoms with E-state index in [1.54, 1.807) is 4.90 Å². The van der Waals surface area contributed by atoms with Crippen LogP contribution >= 0.6 is 0 Å². The van der Waals surface area contributed by atoms with Crippen LogP contribution < -0.4 is 0 Å². The van der Waals surface area contributed by atoms with E-state index in [1.165, 1.54) is 0 Å². The number of rotatable bonds is 4. The molecule has 7 heteroatoms. The highest BCUT2D eigenvalue weighted by Crippen LogP contribution is 2.19. The van der Waals surface area contributed by atoms with Crippen LogP contribution in [-0.4, -0.2) is 57.4 Å². The SMILES string of the molecule is CCC(=O)N1CCN(C(=O)Cc2noc(-c3cccc(C)c3)n2)CC1C. The van der Waals surface area contributed by atoms with Crippen LogP contribution in [0.15, 0.2) is 28.8 Å². The molecule has 1 unspecified atom stereocenters. The van der Waals surface area contributed by atoms with Gasteiger partial charge in [-0.15, -0.1) is 0 Å². The van der Waals surface area contributed by atoms with Crippen LogP contribution in [0.5, 0.6) is 0 Å². The zero-order valence-corrected chi connectivity index (χ0v) is 15.4. The Kier molecular flexibility index (Phi) is 5.35. The van der Waals surface area contributed by atoms with Gasteiger partial charge in [-0.3, -0.25) is 9.59 Å². The molecule has 0 saturated carbocycles. The molecular formula is C19H24N4O3. The van der Waals surface area contributed by atoms with Crippen molar-refractivity contribution in [3.63, 3.8) is 0 Å². The first kappa shape index (κ1) is 18.1. The molecule has 2 heterocycles. The van der Waals surface area contributed by atoms with Crippen molar-refractivity contribution in [3.05, 3.63) is 35.7 Å². The molecule has 0 radical (unpaired) electrons. The van der Waals surface area contributed by atoms with Crippen molar-refractivity contribution in [1.82, 2.24) is 19.9 Å². The zero-order valence-electron chi connectivity index (χ0n) is 15.4. The van der Waals surface area contributed by atoms with E-state index in [-0.39, 0.29) is 24.3 Å². The summed E-state index contributed by atoms with van der Waals surface area (Å²) in [7, 11) is 0. The molecule has 1 aliphatic heterocycles. The number of aromatic nitrogens is 2. The van der Waals surface area contributed by atoms with Gasteiger partial charge in [-0.2, -0.15) is 4.98 Å². The molecule has 1 atom stereocenters. The second kappa shape index (κ2) is 7.68. The number of carbonyl (C=O) groups is 2. The maximum atomic E-state index is 12.6. The van der Waals surface area contributed by atoms with Crippen molar-refractivity contribution in [1.29, 1.82) is 0 Å². The highest BCUT2D eigenvalue weighted by molar-refractivity contribution is 5.79. The highest BCUT2D eigenvalue weighted by Gasteiger charge is 2.29. The molecule has 0 spiro atoms. The molecule has 1 fully saturated rings. The summed E-state index contributed by atoms with van der Waals surface area (Å²) in [5.41, 5.74) is 1.95. The summed E-state index contributed by atoms with van der Waals surface area (Å²) in [6.07, 6.45) is 0.590. The van der Waals surface area contributed by atoms with Crippen LogP contribution in [0.1, 0.15) is 31.7 Å². The number of benzene rings is 1. The topological polar surface area (TPSA) is 79.5 Å². The van der Waals surface area contributed by atoms with Gasteiger partial charge in [0.1, 0.15) is 0 Å². The van der Waals surface area contributed by atoms with E-state index in [9.17, 15) is 9.59 Å². The average Bonchev–Trinajstić information content (AvgIpc) is 3.09. The Bertz CT molecular complexity index is 802. The second-order valence-electron chi connectivity index (χ2n) is 6.69. The normalized spacial score (nSPS) is 17.4. The van der Waals surface area contributed by atoms with E-state index >= 15 is 0 Å². The molecule has 1 saturated heterocycles. The predicted octanol–water partition coefficient (Wildman–Crippen LogP) is 2.06. The highest BCUT2D eigenvalue weighted by atomic mass is 16.5. The van der Waals surface area contributed by atoms with Crippen molar-refractivity contribution in [2.45, 2.75) is 39.7 Å². The molecule has 7 nitrogen and oxygen atoms in total. The first-order valence-corrected chi connectivity index (χ1v) is 8.94. The minimum Gasteiger partial charge on any atom is -0.338 e. The van der Waals surface area contributed by atoms with Crippen LogP contribution in [0.3, 0.4) is 0 Å². The van der Waals surface area contributed by atoms with Gasteiger partial charge >= 0.3 is 0 Å². The Balaban J connectivity index is 1.62. The largest absolute Gasteiger partial charge is 0.338 e. The van der Waals surface area contributed by atoms with Gasteiger partial charge in [0, 0.05) is 37.7 Å². The molecule has 1 aliphatic rings. The third-order valence-corrected chi connectivity index (χ3v) is 4.65. The number of amides is 2. The minimum atomic E-state index is -0.0444. The molecular weight excluding hydrogens is 332 g/mol. The Hall–Kier alpha value is -2.70. The number of aryl methyl sites for hydroxylation is 1. The van der Waals surface area contributed by atoms with Crippen LogP contribution in [0.4, 0.5) is 0 Å². The molecule has 0 N–H and O–H groups in total. The quantitative estimate of drug-likeness (QED) is 0.838. The van der Waals surface area contributed by atoms with Crippen molar-refractivity contribution in [2.75, 3.05) is 19.6 Å². The molecule has 3 rings (SSSR count). The number of nitrogens with zero attached hydrogens (tertiary/aromatic N) is 4. The van der Waals surface area contributed by atoms with E-state index < -0.39 is 0 Å². The Morgan fingerprint density at radius 3 is 2.77 bits per heavy atom. The maximum absolute atomic E-state index is 12.6. The van der Waals surface area contributed by atoms with Gasteiger partial charge in [-0.1, -0.05) is 29.8 Å². The van der Waals surface area contributed by atoms with E-state index in [0.717, 1.165) is 11.1 Å². The van der Waals surface area contributed by atoms with E-state index in [1.807, 2.05) is 49.9 Å². The number of carbonyl (C=O) groups excluding carboxylic acids is 2. The monoisotopic (exact) mass is 356 g/mol. The van der Waals surface area contributed by atoms with Crippen LogP contribution in [-0.2, 0) is 16.0 Å². The van der Waals surface area contributed by atoms with E-state index in [2.05, 4.69) is 10.1 Å². The zero-order chi connectivity index (χ0) is 18.7. The van der Waals surface area contributed by atoms with Gasteiger partial charge in [0.25, 0.3) is 5.89 Å². The third kappa shape index (κ3) is 3.92. The number of hydrogen-bond acceptors (Lipinski definition) is 5. The first-order chi connectivity index (χ1) is 12.5. The Morgan fingerprint density at radius 1 is 1.27 bits per heavy atom. The average molecular weight is 356 g/mol. The fourth-order valence-electron chi connectivity index (χ4n) is 3.23. The molecule has 138 valence electrons. The summed E-state index contributed by atoms with van der Waals surface area (Å²) in [5, 5.41) is 3.93. The lowest BCUT2D eigenvalue weighted by Gasteiger charge is -2.39. The standard InChI is InChI=1S/C19H24N4O3/c1-4-17(24)23-9-8-22(12-14(23)3)18(25)11-16-20-19(26-21-16)15-7-5-6-13(2)10-15/h5-7,10,14H,4,8-9,11-12H2,1-3H3. The third-order valence-electron chi connectivity index (χ3n) is 4.65. The van der Waals surface area contributed by atoms with Gasteiger partial charge in [-0.25, -0.2) is 0 Å². The van der Waals surface area contributed by atoms with Crippen molar-refractivity contribution < 1.29 is 14.1 Å². The summed E-state index contributed by atoms with van der Waals surface area (Å²) in [6, 6.07) is 7.81. The molecule has 2 amide bonds. The summed E-state index contributed by atoms with van der Waals surface area (Å²) in [5.74, 6) is 0.886. The summed E-state index contributed by atoms with van der Waals surface area (Å²) in [6.45, 7) is 7.46.